The Bertz CT molecular complexity index is 380. The Morgan fingerprint density at radius 3 is 2.35 bits per heavy atom. The molecule has 1 aromatic carbocycles. The van der Waals surface area contributed by atoms with Gasteiger partial charge in [-0.3, -0.25) is 0 Å². The fraction of sp³-hybridized carbons (Fsp3) is 0.538. The van der Waals surface area contributed by atoms with Crippen molar-refractivity contribution in [3.05, 3.63) is 22.2 Å². The Kier molecular flexibility index (Phi) is 5.41. The molecule has 0 radical (unpaired) electrons. The lowest BCUT2D eigenvalue weighted by atomic mass is 10.1. The largest absolute Gasteiger partial charge is 0.397 e. The number of nitrogens with zero attached hydrogens (tertiary/aromatic N) is 1. The maximum absolute atomic E-state index is 6.04. The second kappa shape index (κ2) is 6.36. The molecule has 1 rings (SSSR count). The van der Waals surface area contributed by atoms with E-state index in [9.17, 15) is 0 Å². The zero-order chi connectivity index (χ0) is 13.0. The van der Waals surface area contributed by atoms with Crippen LogP contribution in [0.5, 0.6) is 0 Å². The molecular weight excluding hydrogens is 255 g/mol. The lowest BCUT2D eigenvalue weighted by Gasteiger charge is -2.27. The van der Waals surface area contributed by atoms with Gasteiger partial charge in [-0.05, 0) is 25.0 Å². The monoisotopic (exact) mass is 274 g/mol. The molecule has 0 aromatic heterocycles. The van der Waals surface area contributed by atoms with E-state index in [4.69, 9.17) is 28.9 Å². The van der Waals surface area contributed by atoms with Crippen molar-refractivity contribution in [1.82, 2.24) is 0 Å². The zero-order valence-corrected chi connectivity index (χ0v) is 12.1. The van der Waals surface area contributed by atoms with Gasteiger partial charge in [-0.15, -0.1) is 0 Å². The van der Waals surface area contributed by atoms with Gasteiger partial charge in [0, 0.05) is 13.1 Å². The van der Waals surface area contributed by atoms with Crippen molar-refractivity contribution >= 4 is 34.6 Å². The van der Waals surface area contributed by atoms with E-state index in [0.717, 1.165) is 25.2 Å². The Hall–Kier alpha value is -0.600. The summed E-state index contributed by atoms with van der Waals surface area (Å²) in [5, 5.41) is 1.06. The van der Waals surface area contributed by atoms with Crippen molar-refractivity contribution in [3.63, 3.8) is 0 Å². The molecule has 1 aromatic rings. The first kappa shape index (κ1) is 14.5. The number of rotatable bonds is 5. The zero-order valence-electron chi connectivity index (χ0n) is 10.6. The molecule has 2 N–H and O–H groups in total. The van der Waals surface area contributed by atoms with Crippen molar-refractivity contribution in [1.29, 1.82) is 0 Å². The average molecular weight is 275 g/mol. The number of hydrogen-bond acceptors (Lipinski definition) is 2. The van der Waals surface area contributed by atoms with Gasteiger partial charge in [0.2, 0.25) is 0 Å². The Balaban J connectivity index is 2.99. The third-order valence-electron chi connectivity index (χ3n) is 3.02. The van der Waals surface area contributed by atoms with Crippen LogP contribution in [0.4, 0.5) is 11.4 Å². The fourth-order valence-electron chi connectivity index (χ4n) is 1.73. The second-order valence-electron chi connectivity index (χ2n) is 4.38. The quantitative estimate of drug-likeness (QED) is 0.804. The first-order valence-electron chi connectivity index (χ1n) is 5.99. The first-order chi connectivity index (χ1) is 7.99. The van der Waals surface area contributed by atoms with Crippen molar-refractivity contribution in [3.8, 4) is 0 Å². The summed E-state index contributed by atoms with van der Waals surface area (Å²) in [6, 6.07) is 3.57. The average Bonchev–Trinajstić information content (AvgIpc) is 2.30. The van der Waals surface area contributed by atoms with Crippen molar-refractivity contribution in [2.75, 3.05) is 23.7 Å². The van der Waals surface area contributed by atoms with Gasteiger partial charge >= 0.3 is 0 Å². The Labute approximate surface area is 114 Å². The predicted molar refractivity (Wildman–Crippen MR) is 78.2 cm³/mol. The summed E-state index contributed by atoms with van der Waals surface area (Å²) in [5.74, 6) is 0.629. The van der Waals surface area contributed by atoms with Gasteiger partial charge in [0.15, 0.2) is 0 Å². The van der Waals surface area contributed by atoms with Crippen LogP contribution >= 0.6 is 23.2 Å². The highest BCUT2D eigenvalue weighted by Gasteiger charge is 2.13. The Morgan fingerprint density at radius 2 is 1.82 bits per heavy atom. The van der Waals surface area contributed by atoms with E-state index in [2.05, 4.69) is 25.7 Å². The lowest BCUT2D eigenvalue weighted by molar-refractivity contribution is 0.548. The molecule has 0 fully saturated rings. The van der Waals surface area contributed by atoms with E-state index in [0.29, 0.717) is 21.7 Å². The van der Waals surface area contributed by atoms with E-state index in [-0.39, 0.29) is 0 Å². The van der Waals surface area contributed by atoms with Gasteiger partial charge in [0.05, 0.1) is 21.4 Å². The normalized spacial score (nSPS) is 12.5. The van der Waals surface area contributed by atoms with Gasteiger partial charge in [0.25, 0.3) is 0 Å². The molecule has 0 aliphatic heterocycles. The van der Waals surface area contributed by atoms with Crippen molar-refractivity contribution < 1.29 is 0 Å². The number of nitrogen functional groups attached to an aromatic ring is 1. The topological polar surface area (TPSA) is 29.3 Å². The van der Waals surface area contributed by atoms with Gasteiger partial charge in [-0.1, -0.05) is 43.5 Å². The molecule has 1 unspecified atom stereocenters. The fourth-order valence-corrected chi connectivity index (χ4v) is 2.06. The van der Waals surface area contributed by atoms with Crippen LogP contribution in [0.25, 0.3) is 0 Å². The number of halogens is 2. The molecule has 0 saturated carbocycles. The van der Waals surface area contributed by atoms with Gasteiger partial charge < -0.3 is 10.6 Å². The molecule has 0 amide bonds. The number of hydrogen-bond donors (Lipinski definition) is 1. The Morgan fingerprint density at radius 1 is 1.24 bits per heavy atom. The summed E-state index contributed by atoms with van der Waals surface area (Å²) in [6.07, 6.45) is 1.15. The van der Waals surface area contributed by atoms with Crippen molar-refractivity contribution in [2.24, 2.45) is 5.92 Å². The minimum Gasteiger partial charge on any atom is -0.397 e. The number of anilines is 2. The predicted octanol–water partition coefficient (Wildman–Crippen LogP) is 4.45. The highest BCUT2D eigenvalue weighted by Crippen LogP contribution is 2.33. The summed E-state index contributed by atoms with van der Waals surface area (Å²) in [7, 11) is 0. The molecular formula is C13H20Cl2N2. The number of nitrogens with two attached hydrogens (primary N) is 1. The second-order valence-corrected chi connectivity index (χ2v) is 5.19. The van der Waals surface area contributed by atoms with Crippen LogP contribution in [-0.4, -0.2) is 13.1 Å². The van der Waals surface area contributed by atoms with Crippen molar-refractivity contribution in [2.45, 2.75) is 27.2 Å². The van der Waals surface area contributed by atoms with Gasteiger partial charge in [-0.25, -0.2) is 0 Å². The molecule has 0 bridgehead atoms. The minimum atomic E-state index is 0.507. The van der Waals surface area contributed by atoms with Gasteiger partial charge in [0.1, 0.15) is 0 Å². The molecule has 0 saturated heterocycles. The SMILES string of the molecule is CCC(C)CN(CC)c1cc(Cl)c(Cl)cc1N. The van der Waals surface area contributed by atoms with Crippen LogP contribution in [0.15, 0.2) is 12.1 Å². The van der Waals surface area contributed by atoms with Crippen LogP contribution in [-0.2, 0) is 0 Å². The maximum Gasteiger partial charge on any atom is 0.0615 e. The van der Waals surface area contributed by atoms with E-state index in [1.165, 1.54) is 0 Å². The molecule has 0 heterocycles. The summed E-state index contributed by atoms with van der Waals surface area (Å²) in [6.45, 7) is 8.43. The molecule has 1 atom stereocenters. The van der Waals surface area contributed by atoms with E-state index in [1.807, 2.05) is 6.07 Å². The summed E-state index contributed by atoms with van der Waals surface area (Å²) in [5.41, 5.74) is 7.66. The van der Waals surface area contributed by atoms with Crippen LogP contribution in [0, 0.1) is 5.92 Å². The standard InChI is InChI=1S/C13H20Cl2N2/c1-4-9(3)8-17(5-2)13-7-11(15)10(14)6-12(13)16/h6-7,9H,4-5,8,16H2,1-3H3. The smallest absolute Gasteiger partial charge is 0.0615 e. The van der Waals surface area contributed by atoms with E-state index < -0.39 is 0 Å². The third-order valence-corrected chi connectivity index (χ3v) is 3.74. The molecule has 2 nitrogen and oxygen atoms in total. The van der Waals surface area contributed by atoms with Crippen LogP contribution in [0.2, 0.25) is 10.0 Å². The lowest BCUT2D eigenvalue weighted by Crippen LogP contribution is -2.28. The van der Waals surface area contributed by atoms with Crippen LogP contribution in [0.1, 0.15) is 27.2 Å². The molecule has 0 aliphatic rings. The highest BCUT2D eigenvalue weighted by atomic mass is 35.5. The summed E-state index contributed by atoms with van der Waals surface area (Å²) >= 11 is 12.0. The molecule has 17 heavy (non-hydrogen) atoms. The highest BCUT2D eigenvalue weighted by molar-refractivity contribution is 6.42. The summed E-state index contributed by atoms with van der Waals surface area (Å²) in [4.78, 5) is 2.24. The minimum absolute atomic E-state index is 0.507. The van der Waals surface area contributed by atoms with E-state index in [1.54, 1.807) is 6.07 Å². The third kappa shape index (κ3) is 3.68. The number of benzene rings is 1. The maximum atomic E-state index is 6.04. The molecule has 4 heteroatoms. The van der Waals surface area contributed by atoms with Crippen LogP contribution < -0.4 is 10.6 Å². The van der Waals surface area contributed by atoms with E-state index >= 15 is 0 Å². The molecule has 0 spiro atoms. The van der Waals surface area contributed by atoms with Crippen LogP contribution in [0.3, 0.4) is 0 Å². The summed E-state index contributed by atoms with van der Waals surface area (Å²) < 4.78 is 0. The molecule has 0 aliphatic carbocycles. The molecule has 96 valence electrons. The van der Waals surface area contributed by atoms with Gasteiger partial charge in [-0.2, -0.15) is 0 Å². The first-order valence-corrected chi connectivity index (χ1v) is 6.74.